The molecular weight excluding hydrogens is 420 g/mol. The average molecular weight is 444 g/mol. The van der Waals surface area contributed by atoms with Crippen LogP contribution < -0.4 is 0 Å². The summed E-state index contributed by atoms with van der Waals surface area (Å²) in [5.41, 5.74) is 3.26. The maximum Gasteiger partial charge on any atom is 0.210 e. The zero-order valence-corrected chi connectivity index (χ0v) is 17.9. The van der Waals surface area contributed by atoms with E-state index in [9.17, 15) is 22.3 Å². The van der Waals surface area contributed by atoms with Gasteiger partial charge < -0.3 is 10.0 Å². The molecule has 0 spiro atoms. The molecule has 0 fully saturated rings. The summed E-state index contributed by atoms with van der Waals surface area (Å²) in [7, 11) is -1.88. The third kappa shape index (κ3) is 4.48. The Kier molecular flexibility index (Phi) is 5.81. The minimum absolute atomic E-state index is 0.0718. The normalized spacial score (nSPS) is 14.8. The molecule has 4 rings (SSSR count). The van der Waals surface area contributed by atoms with E-state index in [2.05, 4.69) is 4.90 Å². The Morgan fingerprint density at radius 3 is 2.13 bits per heavy atom. The highest BCUT2D eigenvalue weighted by molar-refractivity contribution is 7.91. The quantitative estimate of drug-likeness (QED) is 0.659. The van der Waals surface area contributed by atoms with Gasteiger partial charge in [-0.15, -0.1) is 0 Å². The predicted molar refractivity (Wildman–Crippen MR) is 114 cm³/mol. The monoisotopic (exact) mass is 443 g/mol. The topological polar surface area (TPSA) is 57.6 Å². The number of likely N-dealkylation sites (N-methyl/N-ethyl adjacent to an activating group) is 1. The van der Waals surface area contributed by atoms with Crippen LogP contribution in [0.4, 0.5) is 8.78 Å². The second kappa shape index (κ2) is 8.40. The van der Waals surface area contributed by atoms with Crippen molar-refractivity contribution in [2.45, 2.75) is 29.1 Å². The molecule has 4 nitrogen and oxygen atoms in total. The smallest absolute Gasteiger partial charge is 0.210 e. The highest BCUT2D eigenvalue weighted by atomic mass is 32.2. The largest absolute Gasteiger partial charge is 0.507 e. The summed E-state index contributed by atoms with van der Waals surface area (Å²) < 4.78 is 52.9. The van der Waals surface area contributed by atoms with Gasteiger partial charge in [-0.25, -0.2) is 17.2 Å². The van der Waals surface area contributed by atoms with Crippen molar-refractivity contribution in [1.82, 2.24) is 4.90 Å². The van der Waals surface area contributed by atoms with Crippen LogP contribution in [0.2, 0.25) is 0 Å². The van der Waals surface area contributed by atoms with Crippen LogP contribution >= 0.6 is 0 Å². The first-order valence-corrected chi connectivity index (χ1v) is 11.5. The molecule has 0 unspecified atom stereocenters. The van der Waals surface area contributed by atoms with Crippen molar-refractivity contribution < 1.29 is 22.3 Å². The summed E-state index contributed by atoms with van der Waals surface area (Å²) in [4.78, 5) is 2.16. The highest BCUT2D eigenvalue weighted by Crippen LogP contribution is 2.33. The van der Waals surface area contributed by atoms with Gasteiger partial charge in [0.05, 0.1) is 4.90 Å². The summed E-state index contributed by atoms with van der Waals surface area (Å²) in [6, 6.07) is 13.1. The van der Waals surface area contributed by atoms with Gasteiger partial charge in [0.15, 0.2) is 11.6 Å². The first kappa shape index (κ1) is 21.5. The van der Waals surface area contributed by atoms with Gasteiger partial charge >= 0.3 is 0 Å². The molecule has 0 amide bonds. The summed E-state index contributed by atoms with van der Waals surface area (Å²) in [5.74, 6) is -2.06. The molecule has 1 aliphatic heterocycles. The van der Waals surface area contributed by atoms with E-state index in [-0.39, 0.29) is 15.5 Å². The number of nitrogens with zero attached hydrogens (tertiary/aromatic N) is 1. The minimum Gasteiger partial charge on any atom is -0.507 e. The third-order valence-electron chi connectivity index (χ3n) is 5.72. The molecule has 162 valence electrons. The Bertz CT molecular complexity index is 1220. The molecule has 0 aliphatic carbocycles. The van der Waals surface area contributed by atoms with E-state index in [1.54, 1.807) is 24.3 Å². The second-order valence-electron chi connectivity index (χ2n) is 7.96. The Hall–Kier alpha value is -2.77. The fraction of sp³-hybridized carbons (Fsp3) is 0.250. The fourth-order valence-electron chi connectivity index (χ4n) is 3.87. The molecule has 31 heavy (non-hydrogen) atoms. The Balaban J connectivity index is 1.61. The summed E-state index contributed by atoms with van der Waals surface area (Å²) in [5, 5.41) is 10.5. The molecule has 0 aromatic heterocycles. The van der Waals surface area contributed by atoms with E-state index < -0.39 is 21.5 Å². The predicted octanol–water partition coefficient (Wildman–Crippen LogP) is 4.12. The zero-order valence-electron chi connectivity index (χ0n) is 17.1. The van der Waals surface area contributed by atoms with Crippen molar-refractivity contribution in [1.29, 1.82) is 0 Å². The highest BCUT2D eigenvalue weighted by Gasteiger charge is 2.24. The number of hydrogen-bond acceptors (Lipinski definition) is 4. The van der Waals surface area contributed by atoms with Crippen molar-refractivity contribution in [2.24, 2.45) is 0 Å². The van der Waals surface area contributed by atoms with Gasteiger partial charge in [0.1, 0.15) is 10.6 Å². The molecule has 0 radical (unpaired) electrons. The Labute approximate surface area is 180 Å². The lowest BCUT2D eigenvalue weighted by molar-refractivity contribution is 0.352. The van der Waals surface area contributed by atoms with Crippen LogP contribution in [0, 0.1) is 11.6 Å². The van der Waals surface area contributed by atoms with Crippen molar-refractivity contribution in [3.8, 4) is 5.75 Å². The maximum atomic E-state index is 13.4. The first-order chi connectivity index (χ1) is 14.7. The number of phenols is 1. The lowest BCUT2D eigenvalue weighted by Crippen LogP contribution is -2.20. The van der Waals surface area contributed by atoms with Gasteiger partial charge in [-0.3, -0.25) is 0 Å². The number of rotatable bonds is 4. The van der Waals surface area contributed by atoms with Crippen LogP contribution in [0.3, 0.4) is 0 Å². The van der Waals surface area contributed by atoms with E-state index >= 15 is 0 Å². The Morgan fingerprint density at radius 2 is 1.48 bits per heavy atom. The Morgan fingerprint density at radius 1 is 0.871 bits per heavy atom. The van der Waals surface area contributed by atoms with E-state index in [0.29, 0.717) is 12.0 Å². The van der Waals surface area contributed by atoms with Gasteiger partial charge in [0, 0.05) is 13.1 Å². The van der Waals surface area contributed by atoms with Crippen LogP contribution in [0.15, 0.2) is 64.4 Å². The molecule has 1 aliphatic rings. The minimum atomic E-state index is -3.90. The number of sulfone groups is 1. The van der Waals surface area contributed by atoms with Crippen LogP contribution in [0.5, 0.6) is 5.75 Å². The third-order valence-corrected chi connectivity index (χ3v) is 7.52. The van der Waals surface area contributed by atoms with E-state index in [4.69, 9.17) is 0 Å². The van der Waals surface area contributed by atoms with Gasteiger partial charge in [0.2, 0.25) is 9.84 Å². The molecule has 1 N–H and O–H groups in total. The van der Waals surface area contributed by atoms with E-state index in [1.165, 1.54) is 18.2 Å². The number of phenolic OH excluding ortho intramolecular Hbond substituents is 1. The molecule has 7 heteroatoms. The van der Waals surface area contributed by atoms with Crippen LogP contribution in [0.1, 0.15) is 22.3 Å². The molecule has 0 bridgehead atoms. The lowest BCUT2D eigenvalue weighted by atomic mass is 10.0. The standard InChI is InChI=1S/C24H23F2NO3S/c1-27-10-8-18-14-23(28)24(15-19(18)9-11-27)31(29,30)20-5-2-16(3-6-20)12-17-4-7-21(25)22(26)13-17/h2-7,13-15,28H,8-12H2,1H3. The lowest BCUT2D eigenvalue weighted by Gasteiger charge is -2.12. The average Bonchev–Trinajstić information content (AvgIpc) is 2.92. The van der Waals surface area contributed by atoms with Crippen LogP contribution in [-0.4, -0.2) is 38.6 Å². The van der Waals surface area contributed by atoms with Crippen molar-refractivity contribution in [3.63, 3.8) is 0 Å². The molecule has 1 heterocycles. The molecule has 3 aromatic carbocycles. The second-order valence-corrected chi connectivity index (χ2v) is 9.88. The van der Waals surface area contributed by atoms with Crippen molar-refractivity contribution >= 4 is 9.84 Å². The number of halogens is 2. The van der Waals surface area contributed by atoms with Crippen molar-refractivity contribution in [2.75, 3.05) is 20.1 Å². The molecule has 0 atom stereocenters. The first-order valence-electron chi connectivity index (χ1n) is 10.1. The number of hydrogen-bond donors (Lipinski definition) is 1. The molecule has 0 saturated heterocycles. The van der Waals surface area contributed by atoms with Crippen LogP contribution in [0.25, 0.3) is 0 Å². The van der Waals surface area contributed by atoms with E-state index in [1.807, 2.05) is 7.05 Å². The van der Waals surface area contributed by atoms with E-state index in [0.717, 1.165) is 54.8 Å². The van der Waals surface area contributed by atoms with Gasteiger partial charge in [-0.2, -0.15) is 0 Å². The SMILES string of the molecule is CN1CCc2cc(O)c(S(=O)(=O)c3ccc(Cc4ccc(F)c(F)c4)cc3)cc2CC1. The van der Waals surface area contributed by atoms with Crippen LogP contribution in [-0.2, 0) is 29.1 Å². The van der Waals surface area contributed by atoms with Gasteiger partial charge in [-0.05, 0) is 85.0 Å². The summed E-state index contributed by atoms with van der Waals surface area (Å²) in [6.45, 7) is 1.69. The molecule has 0 saturated carbocycles. The fourth-order valence-corrected chi connectivity index (χ4v) is 5.25. The molecule has 3 aromatic rings. The van der Waals surface area contributed by atoms with Crippen molar-refractivity contribution in [3.05, 3.63) is 88.5 Å². The summed E-state index contributed by atoms with van der Waals surface area (Å²) in [6.07, 6.45) is 1.83. The molecular formula is C24H23F2NO3S. The van der Waals surface area contributed by atoms with Gasteiger partial charge in [0.25, 0.3) is 0 Å². The number of aromatic hydroxyl groups is 1. The zero-order chi connectivity index (χ0) is 22.2. The number of fused-ring (bicyclic) bond motifs is 1. The number of benzene rings is 3. The maximum absolute atomic E-state index is 13.4. The van der Waals surface area contributed by atoms with Gasteiger partial charge in [-0.1, -0.05) is 18.2 Å². The summed E-state index contributed by atoms with van der Waals surface area (Å²) >= 11 is 0.